The third kappa shape index (κ3) is 3.09. The molecule has 1 aromatic heterocycles. The van der Waals surface area contributed by atoms with Crippen molar-refractivity contribution in [2.24, 2.45) is 0 Å². The van der Waals surface area contributed by atoms with Gasteiger partial charge in [-0.3, -0.25) is 0 Å². The minimum absolute atomic E-state index is 0.0666. The lowest BCUT2D eigenvalue weighted by molar-refractivity contribution is 0.119. The van der Waals surface area contributed by atoms with Crippen molar-refractivity contribution in [2.75, 3.05) is 26.1 Å². The minimum atomic E-state index is 0.0666. The Labute approximate surface area is 114 Å². The molecule has 0 bridgehead atoms. The highest BCUT2D eigenvalue weighted by molar-refractivity contribution is 5.58. The summed E-state index contributed by atoms with van der Waals surface area (Å²) in [5, 5.41) is 0. The first-order chi connectivity index (χ1) is 9.11. The average molecular weight is 257 g/mol. The van der Waals surface area contributed by atoms with Crippen LogP contribution in [0, 0.1) is 0 Å². The number of nitrogens with zero attached hydrogens (tertiary/aromatic N) is 3. The van der Waals surface area contributed by atoms with E-state index in [9.17, 15) is 0 Å². The van der Waals surface area contributed by atoms with Crippen molar-refractivity contribution in [3.63, 3.8) is 0 Å². The zero-order valence-corrected chi connectivity index (χ0v) is 11.8. The molecule has 1 atom stereocenters. The highest BCUT2D eigenvalue weighted by Crippen LogP contribution is 2.23. The number of hydrogen-bond acceptors (Lipinski definition) is 4. The Morgan fingerprint density at radius 3 is 2.68 bits per heavy atom. The fraction of sp³-hybridized carbons (Fsp3) is 0.333. The maximum Gasteiger partial charge on any atom is 0.161 e. The summed E-state index contributed by atoms with van der Waals surface area (Å²) in [6.07, 6.45) is 1.85. The summed E-state index contributed by atoms with van der Waals surface area (Å²) in [7, 11) is 5.64. The van der Waals surface area contributed by atoms with Crippen LogP contribution in [0.5, 0.6) is 0 Å². The first-order valence-corrected chi connectivity index (χ1v) is 6.25. The lowest BCUT2D eigenvalue weighted by Crippen LogP contribution is -2.11. The summed E-state index contributed by atoms with van der Waals surface area (Å²) in [6, 6.07) is 10.0. The summed E-state index contributed by atoms with van der Waals surface area (Å²) < 4.78 is 5.34. The lowest BCUT2D eigenvalue weighted by Gasteiger charge is -2.13. The molecule has 0 radical (unpaired) electrons. The van der Waals surface area contributed by atoms with Gasteiger partial charge in [0.05, 0.1) is 6.10 Å². The molecule has 0 N–H and O–H groups in total. The van der Waals surface area contributed by atoms with E-state index in [1.54, 1.807) is 13.3 Å². The third-order valence-corrected chi connectivity index (χ3v) is 3.07. The third-order valence-electron chi connectivity index (χ3n) is 3.07. The molecule has 0 aliphatic carbocycles. The van der Waals surface area contributed by atoms with Gasteiger partial charge in [-0.2, -0.15) is 0 Å². The summed E-state index contributed by atoms with van der Waals surface area (Å²) in [5.41, 5.74) is 2.13. The minimum Gasteiger partial charge on any atom is -0.377 e. The molecule has 0 saturated carbocycles. The number of benzene rings is 1. The second-order valence-electron chi connectivity index (χ2n) is 4.64. The molecule has 100 valence electrons. The highest BCUT2D eigenvalue weighted by atomic mass is 16.5. The van der Waals surface area contributed by atoms with Crippen LogP contribution in [0.2, 0.25) is 0 Å². The molecule has 0 aliphatic rings. The van der Waals surface area contributed by atoms with Gasteiger partial charge in [-0.05, 0) is 24.6 Å². The fourth-order valence-corrected chi connectivity index (χ4v) is 1.80. The zero-order chi connectivity index (χ0) is 13.8. The summed E-state index contributed by atoms with van der Waals surface area (Å²) in [4.78, 5) is 10.8. The quantitative estimate of drug-likeness (QED) is 0.844. The maximum absolute atomic E-state index is 5.34. The highest BCUT2D eigenvalue weighted by Gasteiger charge is 2.08. The van der Waals surface area contributed by atoms with Gasteiger partial charge in [0.1, 0.15) is 5.82 Å². The van der Waals surface area contributed by atoms with E-state index in [2.05, 4.69) is 16.0 Å². The second-order valence-corrected chi connectivity index (χ2v) is 4.64. The van der Waals surface area contributed by atoms with Crippen molar-refractivity contribution in [2.45, 2.75) is 13.0 Å². The summed E-state index contributed by atoms with van der Waals surface area (Å²) in [6.45, 7) is 2.02. The summed E-state index contributed by atoms with van der Waals surface area (Å²) in [5.74, 6) is 1.63. The molecule has 19 heavy (non-hydrogen) atoms. The predicted octanol–water partition coefficient (Wildman–Crippen LogP) is 2.92. The number of ether oxygens (including phenoxy) is 1. The predicted molar refractivity (Wildman–Crippen MR) is 77.2 cm³/mol. The van der Waals surface area contributed by atoms with Gasteiger partial charge in [-0.15, -0.1) is 0 Å². The molecule has 0 saturated heterocycles. The van der Waals surface area contributed by atoms with Crippen LogP contribution in [0.4, 0.5) is 5.82 Å². The van der Waals surface area contributed by atoms with Crippen LogP contribution in [0.1, 0.15) is 18.6 Å². The lowest BCUT2D eigenvalue weighted by atomic mass is 10.1. The van der Waals surface area contributed by atoms with E-state index in [4.69, 9.17) is 4.74 Å². The molecule has 4 nitrogen and oxygen atoms in total. The molecule has 2 rings (SSSR count). The standard InChI is InChI=1S/C15H19N3O/c1-11(19-4)12-6-5-7-13(10-12)15-16-9-8-14(17-15)18(2)3/h5-11H,1-4H3/t11-/m1/s1. The van der Waals surface area contributed by atoms with E-state index in [0.29, 0.717) is 0 Å². The van der Waals surface area contributed by atoms with Crippen molar-refractivity contribution in [3.8, 4) is 11.4 Å². The molecule has 1 heterocycles. The topological polar surface area (TPSA) is 38.2 Å². The van der Waals surface area contributed by atoms with E-state index in [1.165, 1.54) is 0 Å². The molecular formula is C15H19N3O. The average Bonchev–Trinajstić information content (AvgIpc) is 2.46. The number of rotatable bonds is 4. The van der Waals surface area contributed by atoms with Gasteiger partial charge in [-0.1, -0.05) is 18.2 Å². The van der Waals surface area contributed by atoms with Gasteiger partial charge in [0.2, 0.25) is 0 Å². The zero-order valence-electron chi connectivity index (χ0n) is 11.8. The number of anilines is 1. The van der Waals surface area contributed by atoms with E-state index in [1.807, 2.05) is 50.2 Å². The van der Waals surface area contributed by atoms with Crippen molar-refractivity contribution in [1.29, 1.82) is 0 Å². The molecule has 0 aliphatic heterocycles. The van der Waals surface area contributed by atoms with Crippen LogP contribution in [0.15, 0.2) is 36.5 Å². The van der Waals surface area contributed by atoms with Crippen LogP contribution in [0.25, 0.3) is 11.4 Å². The Bertz CT molecular complexity index is 555. The van der Waals surface area contributed by atoms with Crippen molar-refractivity contribution < 1.29 is 4.74 Å². The van der Waals surface area contributed by atoms with Crippen molar-refractivity contribution in [1.82, 2.24) is 9.97 Å². The van der Waals surface area contributed by atoms with Gasteiger partial charge in [-0.25, -0.2) is 9.97 Å². The Kier molecular flexibility index (Phi) is 4.12. The normalized spacial score (nSPS) is 12.2. The SMILES string of the molecule is CO[C@H](C)c1cccc(-c2nccc(N(C)C)n2)c1. The number of hydrogen-bond donors (Lipinski definition) is 0. The monoisotopic (exact) mass is 257 g/mol. The molecule has 0 unspecified atom stereocenters. The van der Waals surface area contributed by atoms with Gasteiger partial charge < -0.3 is 9.64 Å². The first-order valence-electron chi connectivity index (χ1n) is 6.25. The molecule has 1 aromatic carbocycles. The van der Waals surface area contributed by atoms with Crippen LogP contribution < -0.4 is 4.90 Å². The molecule has 4 heteroatoms. The Morgan fingerprint density at radius 2 is 2.00 bits per heavy atom. The smallest absolute Gasteiger partial charge is 0.161 e. The molecular weight excluding hydrogens is 238 g/mol. The largest absolute Gasteiger partial charge is 0.377 e. The van der Waals surface area contributed by atoms with E-state index in [0.717, 1.165) is 22.8 Å². The first kappa shape index (κ1) is 13.5. The Hall–Kier alpha value is -1.94. The summed E-state index contributed by atoms with van der Waals surface area (Å²) >= 11 is 0. The van der Waals surface area contributed by atoms with Gasteiger partial charge in [0.15, 0.2) is 5.82 Å². The van der Waals surface area contributed by atoms with Crippen LogP contribution >= 0.6 is 0 Å². The maximum atomic E-state index is 5.34. The van der Waals surface area contributed by atoms with Gasteiger partial charge in [0, 0.05) is 33.0 Å². The number of aromatic nitrogens is 2. The second kappa shape index (κ2) is 5.80. The van der Waals surface area contributed by atoms with Crippen LogP contribution in [-0.4, -0.2) is 31.2 Å². The van der Waals surface area contributed by atoms with Crippen molar-refractivity contribution in [3.05, 3.63) is 42.1 Å². The molecule has 0 spiro atoms. The van der Waals surface area contributed by atoms with E-state index < -0.39 is 0 Å². The Balaban J connectivity index is 2.39. The van der Waals surface area contributed by atoms with Crippen LogP contribution in [-0.2, 0) is 4.74 Å². The van der Waals surface area contributed by atoms with Gasteiger partial charge >= 0.3 is 0 Å². The molecule has 0 amide bonds. The molecule has 2 aromatic rings. The molecule has 0 fully saturated rings. The Morgan fingerprint density at radius 1 is 1.21 bits per heavy atom. The van der Waals surface area contributed by atoms with Crippen LogP contribution in [0.3, 0.4) is 0 Å². The van der Waals surface area contributed by atoms with E-state index >= 15 is 0 Å². The fourth-order valence-electron chi connectivity index (χ4n) is 1.80. The van der Waals surface area contributed by atoms with Crippen molar-refractivity contribution >= 4 is 5.82 Å². The van der Waals surface area contributed by atoms with E-state index in [-0.39, 0.29) is 6.10 Å². The number of methoxy groups -OCH3 is 1. The van der Waals surface area contributed by atoms with Gasteiger partial charge in [0.25, 0.3) is 0 Å².